The Morgan fingerprint density at radius 2 is 2.10 bits per heavy atom. The molecule has 1 aliphatic rings. The second kappa shape index (κ2) is 5.14. The summed E-state index contributed by atoms with van der Waals surface area (Å²) in [7, 11) is 2.05. The maximum atomic E-state index is 9.17. The van der Waals surface area contributed by atoms with E-state index >= 15 is 0 Å². The summed E-state index contributed by atoms with van der Waals surface area (Å²) in [5.74, 6) is 0. The summed E-state index contributed by atoms with van der Waals surface area (Å²) in [4.78, 5) is 5.63. The van der Waals surface area contributed by atoms with Crippen molar-refractivity contribution in [3.63, 3.8) is 0 Å². The molecule has 0 aliphatic carbocycles. The predicted molar refractivity (Wildman–Crippen MR) is 85.6 cm³/mol. The lowest BCUT2D eigenvalue weighted by atomic mass is 9.90. The van der Waals surface area contributed by atoms with Crippen LogP contribution in [0.1, 0.15) is 30.6 Å². The van der Waals surface area contributed by atoms with Crippen LogP contribution in [0.15, 0.2) is 47.7 Å². The van der Waals surface area contributed by atoms with E-state index in [-0.39, 0.29) is 6.04 Å². The Labute approximate surface area is 125 Å². The van der Waals surface area contributed by atoms with Gasteiger partial charge in [-0.25, -0.2) is 0 Å². The van der Waals surface area contributed by atoms with Crippen LogP contribution < -0.4 is 0 Å². The molecule has 1 aromatic heterocycles. The summed E-state index contributed by atoms with van der Waals surface area (Å²) >= 11 is 0. The van der Waals surface area contributed by atoms with Gasteiger partial charge in [0.2, 0.25) is 0 Å². The number of nitrogens with one attached hydrogen (secondary N) is 1. The van der Waals surface area contributed by atoms with Crippen molar-refractivity contribution < 1.29 is 0 Å². The number of allylic oxidation sites excluding steroid dienone is 2. The van der Waals surface area contributed by atoms with Crippen molar-refractivity contribution in [2.24, 2.45) is 0 Å². The molecular formula is C18H19N3. The lowest BCUT2D eigenvalue weighted by molar-refractivity contribution is 0.366. The molecule has 3 rings (SSSR count). The van der Waals surface area contributed by atoms with E-state index in [9.17, 15) is 0 Å². The number of nitriles is 1. The first-order valence-corrected chi connectivity index (χ1v) is 7.27. The zero-order valence-corrected chi connectivity index (χ0v) is 12.6. The Morgan fingerprint density at radius 3 is 2.81 bits per heavy atom. The molecule has 106 valence electrons. The minimum absolute atomic E-state index is 0.197. The van der Waals surface area contributed by atoms with Crippen LogP contribution in [0, 0.1) is 18.3 Å². The van der Waals surface area contributed by atoms with Gasteiger partial charge in [0.05, 0.1) is 11.6 Å². The molecule has 2 aromatic rings. The van der Waals surface area contributed by atoms with Crippen molar-refractivity contribution >= 4 is 10.9 Å². The maximum absolute atomic E-state index is 9.17. The van der Waals surface area contributed by atoms with Crippen LogP contribution in [-0.4, -0.2) is 16.9 Å². The molecule has 0 saturated carbocycles. The Hall–Kier alpha value is -2.47. The van der Waals surface area contributed by atoms with Gasteiger partial charge in [0.25, 0.3) is 0 Å². The number of aryl methyl sites for hydroxylation is 1. The van der Waals surface area contributed by atoms with Gasteiger partial charge in [0.1, 0.15) is 6.07 Å². The molecule has 2 heterocycles. The van der Waals surface area contributed by atoms with Crippen molar-refractivity contribution in [3.8, 4) is 6.07 Å². The summed E-state index contributed by atoms with van der Waals surface area (Å²) in [5.41, 5.74) is 5.69. The number of hydrogen-bond donors (Lipinski definition) is 1. The Morgan fingerprint density at radius 1 is 1.33 bits per heavy atom. The minimum atomic E-state index is 0.197. The molecule has 0 bridgehead atoms. The van der Waals surface area contributed by atoms with E-state index in [0.29, 0.717) is 0 Å². The van der Waals surface area contributed by atoms with Crippen molar-refractivity contribution in [2.75, 3.05) is 7.05 Å². The number of hydrogen-bond acceptors (Lipinski definition) is 2. The van der Waals surface area contributed by atoms with Crippen LogP contribution in [0.2, 0.25) is 0 Å². The van der Waals surface area contributed by atoms with E-state index in [1.165, 1.54) is 27.7 Å². The summed E-state index contributed by atoms with van der Waals surface area (Å²) in [6.45, 7) is 4.27. The molecule has 0 fully saturated rings. The first-order valence-electron chi connectivity index (χ1n) is 7.27. The molecule has 0 amide bonds. The smallest absolute Gasteiger partial charge is 0.101 e. The van der Waals surface area contributed by atoms with E-state index in [0.717, 1.165) is 12.0 Å². The van der Waals surface area contributed by atoms with Crippen molar-refractivity contribution in [3.05, 3.63) is 58.9 Å². The highest BCUT2D eigenvalue weighted by Crippen LogP contribution is 2.39. The Kier molecular flexibility index (Phi) is 3.31. The van der Waals surface area contributed by atoms with Gasteiger partial charge in [-0.05, 0) is 31.1 Å². The van der Waals surface area contributed by atoms with Gasteiger partial charge >= 0.3 is 0 Å². The molecule has 1 N–H and O–H groups in total. The molecule has 1 aliphatic heterocycles. The van der Waals surface area contributed by atoms with E-state index in [1.54, 1.807) is 0 Å². The van der Waals surface area contributed by atoms with E-state index < -0.39 is 0 Å². The quantitative estimate of drug-likeness (QED) is 0.893. The Bertz CT molecular complexity index is 786. The maximum Gasteiger partial charge on any atom is 0.101 e. The van der Waals surface area contributed by atoms with E-state index in [2.05, 4.69) is 54.1 Å². The average molecular weight is 277 g/mol. The highest BCUT2D eigenvalue weighted by molar-refractivity contribution is 5.85. The molecule has 0 radical (unpaired) electrons. The van der Waals surface area contributed by atoms with Crippen molar-refractivity contribution in [1.29, 1.82) is 5.26 Å². The van der Waals surface area contributed by atoms with Gasteiger partial charge < -0.3 is 9.88 Å². The van der Waals surface area contributed by atoms with Gasteiger partial charge in [-0.1, -0.05) is 25.1 Å². The number of rotatable bonds is 2. The second-order valence-corrected chi connectivity index (χ2v) is 5.55. The van der Waals surface area contributed by atoms with Crippen LogP contribution in [0.4, 0.5) is 0 Å². The minimum Gasteiger partial charge on any atom is -0.368 e. The van der Waals surface area contributed by atoms with Crippen LogP contribution in [0.25, 0.3) is 10.9 Å². The fourth-order valence-corrected chi connectivity index (χ4v) is 3.27. The SMILES string of the molecule is CCC1=CC(C#N)=CN(C)C1c1c(C)[nH]c2ccccc12. The van der Waals surface area contributed by atoms with Crippen LogP contribution >= 0.6 is 0 Å². The summed E-state index contributed by atoms with van der Waals surface area (Å²) in [6, 6.07) is 10.9. The van der Waals surface area contributed by atoms with Gasteiger partial charge in [-0.3, -0.25) is 0 Å². The standard InChI is InChI=1S/C18H19N3/c1-4-14-9-13(10-19)11-21(3)18(14)17-12(2)20-16-8-6-5-7-15(16)17/h5-9,11,18,20H,4H2,1-3H3. The number of nitrogens with zero attached hydrogens (tertiary/aromatic N) is 2. The molecule has 0 saturated heterocycles. The molecule has 21 heavy (non-hydrogen) atoms. The van der Waals surface area contributed by atoms with Gasteiger partial charge in [0, 0.05) is 35.4 Å². The fourth-order valence-electron chi connectivity index (χ4n) is 3.27. The Balaban J connectivity index is 2.19. The summed E-state index contributed by atoms with van der Waals surface area (Å²) in [5, 5.41) is 10.4. The second-order valence-electron chi connectivity index (χ2n) is 5.55. The highest BCUT2D eigenvalue weighted by atomic mass is 15.1. The molecule has 3 heteroatoms. The first kappa shape index (κ1) is 13.5. The molecule has 1 aromatic carbocycles. The van der Waals surface area contributed by atoms with E-state index in [1.807, 2.05) is 19.3 Å². The van der Waals surface area contributed by atoms with Crippen LogP contribution in [0.5, 0.6) is 0 Å². The summed E-state index contributed by atoms with van der Waals surface area (Å²) in [6.07, 6.45) is 4.91. The number of benzene rings is 1. The van der Waals surface area contributed by atoms with Crippen LogP contribution in [-0.2, 0) is 0 Å². The topological polar surface area (TPSA) is 42.8 Å². The molecule has 1 atom stereocenters. The average Bonchev–Trinajstić information content (AvgIpc) is 2.82. The third-order valence-electron chi connectivity index (χ3n) is 4.20. The molecule has 1 unspecified atom stereocenters. The largest absolute Gasteiger partial charge is 0.368 e. The first-order chi connectivity index (χ1) is 10.2. The normalized spacial score (nSPS) is 18.4. The zero-order chi connectivity index (χ0) is 15.0. The van der Waals surface area contributed by atoms with Gasteiger partial charge in [0.15, 0.2) is 0 Å². The number of fused-ring (bicyclic) bond motifs is 1. The van der Waals surface area contributed by atoms with Crippen molar-refractivity contribution in [2.45, 2.75) is 26.3 Å². The van der Waals surface area contributed by atoms with E-state index in [4.69, 9.17) is 5.26 Å². The third kappa shape index (κ3) is 2.13. The predicted octanol–water partition coefficient (Wildman–Crippen LogP) is 4.21. The van der Waals surface area contributed by atoms with Gasteiger partial charge in [-0.15, -0.1) is 0 Å². The molecule has 0 spiro atoms. The summed E-state index contributed by atoms with van der Waals surface area (Å²) < 4.78 is 0. The number of aromatic nitrogens is 1. The fraction of sp³-hybridized carbons (Fsp3) is 0.278. The third-order valence-corrected chi connectivity index (χ3v) is 4.20. The number of likely N-dealkylation sites (N-methyl/N-ethyl adjacent to an activating group) is 1. The number of para-hydroxylation sites is 1. The lowest BCUT2D eigenvalue weighted by Gasteiger charge is -2.32. The monoisotopic (exact) mass is 277 g/mol. The lowest BCUT2D eigenvalue weighted by Crippen LogP contribution is -2.24. The van der Waals surface area contributed by atoms with Crippen LogP contribution in [0.3, 0.4) is 0 Å². The number of H-pyrrole nitrogens is 1. The molecule has 3 nitrogen and oxygen atoms in total. The number of aromatic amines is 1. The zero-order valence-electron chi connectivity index (χ0n) is 12.6. The van der Waals surface area contributed by atoms with Crippen molar-refractivity contribution in [1.82, 2.24) is 9.88 Å². The van der Waals surface area contributed by atoms with Gasteiger partial charge in [-0.2, -0.15) is 5.26 Å². The molecular weight excluding hydrogens is 258 g/mol. The highest BCUT2D eigenvalue weighted by Gasteiger charge is 2.27.